The summed E-state index contributed by atoms with van der Waals surface area (Å²) >= 11 is 2.10. The lowest BCUT2D eigenvalue weighted by Gasteiger charge is -2.22. The Morgan fingerprint density at radius 3 is 1.70 bits per heavy atom. The van der Waals surface area contributed by atoms with E-state index in [9.17, 15) is 5.11 Å². The molecule has 0 spiro atoms. The van der Waals surface area contributed by atoms with Crippen molar-refractivity contribution in [1.29, 1.82) is 0 Å². The molecule has 0 aromatic rings. The molecule has 1 rings (SSSR count). The Morgan fingerprint density at radius 2 is 1.22 bits per heavy atom. The summed E-state index contributed by atoms with van der Waals surface area (Å²) in [4.78, 5) is 0. The number of unbranched alkanes of at least 4 members (excludes halogenated alkanes) is 13. The molecule has 1 N–H and O–H groups in total. The molecule has 3 heteroatoms. The second kappa shape index (κ2) is 16.5. The van der Waals surface area contributed by atoms with E-state index in [1.165, 1.54) is 108 Å². The predicted molar refractivity (Wildman–Crippen MR) is 123 cm³/mol. The first kappa shape index (κ1) is 24.6. The molecule has 0 aromatic carbocycles. The smallest absolute Gasteiger partial charge is 0.175 e. The first-order chi connectivity index (χ1) is 13.2. The number of allylic oxidation sites excluding steroid dienone is 1. The SMILES string of the molecule is CCCCCCCCCCCCCCCCSCCC[N+]1(C)C=CC(O)=C1. The monoisotopic (exact) mass is 396 g/mol. The summed E-state index contributed by atoms with van der Waals surface area (Å²) < 4.78 is 0.755. The maximum absolute atomic E-state index is 9.47. The summed E-state index contributed by atoms with van der Waals surface area (Å²) in [6, 6.07) is 0. The minimum absolute atomic E-state index is 0.410. The third-order valence-electron chi connectivity index (χ3n) is 5.58. The van der Waals surface area contributed by atoms with Crippen LogP contribution >= 0.6 is 11.8 Å². The third-order valence-corrected chi connectivity index (χ3v) is 6.74. The number of hydrogen-bond acceptors (Lipinski definition) is 2. The molecule has 1 unspecified atom stereocenters. The van der Waals surface area contributed by atoms with Gasteiger partial charge >= 0.3 is 0 Å². The molecule has 0 bridgehead atoms. The van der Waals surface area contributed by atoms with Crippen LogP contribution in [-0.4, -0.2) is 34.7 Å². The Morgan fingerprint density at radius 1 is 0.741 bits per heavy atom. The van der Waals surface area contributed by atoms with Crippen LogP contribution in [0.25, 0.3) is 0 Å². The van der Waals surface area contributed by atoms with Gasteiger partial charge in [-0.3, -0.25) is 4.48 Å². The minimum Gasteiger partial charge on any atom is -0.503 e. The van der Waals surface area contributed by atoms with Gasteiger partial charge in [-0.15, -0.1) is 0 Å². The molecular weight excluding hydrogens is 350 g/mol. The summed E-state index contributed by atoms with van der Waals surface area (Å²) in [7, 11) is 2.15. The number of hydrogen-bond donors (Lipinski definition) is 1. The maximum atomic E-state index is 9.47. The zero-order valence-electron chi connectivity index (χ0n) is 18.3. The van der Waals surface area contributed by atoms with Crippen molar-refractivity contribution in [3.63, 3.8) is 0 Å². The Hall–Kier alpha value is -0.410. The minimum atomic E-state index is 0.410. The van der Waals surface area contributed by atoms with E-state index in [0.29, 0.717) is 5.76 Å². The topological polar surface area (TPSA) is 20.2 Å². The molecule has 0 saturated heterocycles. The van der Waals surface area contributed by atoms with Crippen LogP contribution in [0.2, 0.25) is 0 Å². The van der Waals surface area contributed by atoms with Crippen LogP contribution in [-0.2, 0) is 0 Å². The van der Waals surface area contributed by atoms with Crippen LogP contribution in [0.5, 0.6) is 0 Å². The summed E-state index contributed by atoms with van der Waals surface area (Å²) in [6.07, 6.45) is 27.2. The normalized spacial score (nSPS) is 19.0. The van der Waals surface area contributed by atoms with Gasteiger partial charge in [-0.1, -0.05) is 90.4 Å². The fraction of sp³-hybridized carbons (Fsp3) is 0.833. The molecule has 0 saturated carbocycles. The van der Waals surface area contributed by atoms with Gasteiger partial charge in [0.1, 0.15) is 12.4 Å². The van der Waals surface area contributed by atoms with Gasteiger partial charge in [0, 0.05) is 12.5 Å². The van der Waals surface area contributed by atoms with Crippen molar-refractivity contribution in [3.8, 4) is 0 Å². The molecule has 0 aliphatic carbocycles. The van der Waals surface area contributed by atoms with Gasteiger partial charge in [0.15, 0.2) is 5.76 Å². The van der Waals surface area contributed by atoms with Crippen LogP contribution in [0.15, 0.2) is 24.2 Å². The van der Waals surface area contributed by atoms with Crippen LogP contribution in [0.3, 0.4) is 0 Å². The lowest BCUT2D eigenvalue weighted by atomic mass is 10.0. The third kappa shape index (κ3) is 14.3. The fourth-order valence-corrected chi connectivity index (χ4v) is 4.73. The number of quaternary nitrogens is 1. The van der Waals surface area contributed by atoms with E-state index in [1.807, 2.05) is 12.3 Å². The molecule has 0 radical (unpaired) electrons. The van der Waals surface area contributed by atoms with E-state index in [4.69, 9.17) is 0 Å². The highest BCUT2D eigenvalue weighted by Crippen LogP contribution is 2.18. The van der Waals surface area contributed by atoms with Gasteiger partial charge in [0.25, 0.3) is 0 Å². The molecular formula is C24H46NOS+. The zero-order valence-corrected chi connectivity index (χ0v) is 19.1. The zero-order chi connectivity index (χ0) is 19.6. The van der Waals surface area contributed by atoms with Gasteiger partial charge in [0.2, 0.25) is 0 Å². The van der Waals surface area contributed by atoms with Crippen LogP contribution in [0.1, 0.15) is 103 Å². The van der Waals surface area contributed by atoms with E-state index in [1.54, 1.807) is 0 Å². The molecule has 0 amide bonds. The average Bonchev–Trinajstić information content (AvgIpc) is 2.99. The molecule has 0 aromatic heterocycles. The quantitative estimate of drug-likeness (QED) is 0.176. The fourth-order valence-electron chi connectivity index (χ4n) is 3.78. The van der Waals surface area contributed by atoms with Gasteiger partial charge in [-0.25, -0.2) is 0 Å². The standard InChI is InChI=1S/C24H45NOS/c1-3-4-5-6-7-8-9-10-11-12-13-14-15-16-21-27-22-17-19-25(2)20-18-24(26)23-25/h18,20,23H,3-17,19,21-22H2,1-2H3/p+1. The maximum Gasteiger partial charge on any atom is 0.175 e. The van der Waals surface area contributed by atoms with Crippen molar-refractivity contribution >= 4 is 11.8 Å². The Kier molecular flexibility index (Phi) is 15.1. The predicted octanol–water partition coefficient (Wildman–Crippen LogP) is 7.96. The summed E-state index contributed by atoms with van der Waals surface area (Å²) in [5.41, 5.74) is 0. The van der Waals surface area contributed by atoms with Crippen molar-refractivity contribution in [2.45, 2.75) is 103 Å². The highest BCUT2D eigenvalue weighted by Gasteiger charge is 2.21. The summed E-state index contributed by atoms with van der Waals surface area (Å²) in [5, 5.41) is 9.47. The number of nitrogens with zero attached hydrogens (tertiary/aromatic N) is 1. The Bertz CT molecular complexity index is 407. The highest BCUT2D eigenvalue weighted by molar-refractivity contribution is 7.99. The van der Waals surface area contributed by atoms with Crippen molar-refractivity contribution in [2.75, 3.05) is 25.1 Å². The summed E-state index contributed by atoms with van der Waals surface area (Å²) in [6.45, 7) is 3.38. The highest BCUT2D eigenvalue weighted by atomic mass is 32.2. The van der Waals surface area contributed by atoms with Crippen molar-refractivity contribution < 1.29 is 9.59 Å². The van der Waals surface area contributed by atoms with E-state index < -0.39 is 0 Å². The van der Waals surface area contributed by atoms with E-state index in [0.717, 1.165) is 11.0 Å². The van der Waals surface area contributed by atoms with Crippen molar-refractivity contribution in [1.82, 2.24) is 0 Å². The van der Waals surface area contributed by atoms with Gasteiger partial charge in [-0.05, 0) is 17.9 Å². The Labute approximate surface area is 174 Å². The van der Waals surface area contributed by atoms with Crippen LogP contribution < -0.4 is 0 Å². The van der Waals surface area contributed by atoms with E-state index >= 15 is 0 Å². The van der Waals surface area contributed by atoms with Crippen LogP contribution in [0, 0.1) is 0 Å². The Balaban J connectivity index is 1.72. The first-order valence-corrected chi connectivity index (χ1v) is 12.9. The summed E-state index contributed by atoms with van der Waals surface area (Å²) in [5.74, 6) is 2.97. The molecule has 1 heterocycles. The largest absolute Gasteiger partial charge is 0.503 e. The van der Waals surface area contributed by atoms with Gasteiger partial charge in [0.05, 0.1) is 13.6 Å². The second-order valence-corrected chi connectivity index (χ2v) is 9.73. The van der Waals surface area contributed by atoms with Crippen LogP contribution in [0.4, 0.5) is 0 Å². The number of thioether (sulfide) groups is 1. The first-order valence-electron chi connectivity index (χ1n) is 11.7. The number of aliphatic hydroxyl groups excluding tert-OH is 1. The number of rotatable bonds is 19. The lowest BCUT2D eigenvalue weighted by molar-refractivity contribution is -0.804. The molecule has 27 heavy (non-hydrogen) atoms. The van der Waals surface area contributed by atoms with Crippen molar-refractivity contribution in [2.24, 2.45) is 0 Å². The molecule has 158 valence electrons. The van der Waals surface area contributed by atoms with Gasteiger partial charge < -0.3 is 5.11 Å². The molecule has 0 fully saturated rings. The molecule has 1 atom stereocenters. The molecule has 2 nitrogen and oxygen atoms in total. The average molecular weight is 397 g/mol. The van der Waals surface area contributed by atoms with Gasteiger partial charge in [-0.2, -0.15) is 11.8 Å². The molecule has 1 aliphatic rings. The van der Waals surface area contributed by atoms with Crippen molar-refractivity contribution in [3.05, 3.63) is 24.2 Å². The molecule has 1 aliphatic heterocycles. The second-order valence-electron chi connectivity index (χ2n) is 8.50. The number of aliphatic hydroxyl groups is 1. The lowest BCUT2D eigenvalue weighted by Crippen LogP contribution is -2.31. The van der Waals surface area contributed by atoms with E-state index in [-0.39, 0.29) is 0 Å². The van der Waals surface area contributed by atoms with E-state index in [2.05, 4.69) is 31.9 Å².